The summed E-state index contributed by atoms with van der Waals surface area (Å²) in [6.07, 6.45) is 0.737. The average Bonchev–Trinajstić information content (AvgIpc) is 3.18. The third kappa shape index (κ3) is 2.48. The molecule has 2 aromatic carbocycles. The SMILES string of the molecule is CCCN1C(=O)C2(c3ccccc31)c1c(oc3ccc(C)cc3c1=O)C(=O)N2CCOC. The van der Waals surface area contributed by atoms with Gasteiger partial charge in [-0.1, -0.05) is 36.8 Å². The molecule has 2 aliphatic heterocycles. The van der Waals surface area contributed by atoms with Crippen LogP contribution in [0.4, 0.5) is 5.69 Å². The van der Waals surface area contributed by atoms with E-state index in [1.807, 2.05) is 44.2 Å². The number of nitrogens with zero attached hydrogens (tertiary/aromatic N) is 2. The van der Waals surface area contributed by atoms with Gasteiger partial charge in [-0.15, -0.1) is 0 Å². The molecular weight excluding hydrogens is 408 g/mol. The van der Waals surface area contributed by atoms with Gasteiger partial charge in [0.1, 0.15) is 5.58 Å². The van der Waals surface area contributed by atoms with Crippen molar-refractivity contribution in [2.45, 2.75) is 25.8 Å². The van der Waals surface area contributed by atoms with Gasteiger partial charge < -0.3 is 19.0 Å². The molecule has 7 heteroatoms. The Labute approximate surface area is 185 Å². The Bertz CT molecular complexity index is 1330. The third-order valence-corrected chi connectivity index (χ3v) is 6.36. The van der Waals surface area contributed by atoms with Crippen LogP contribution in [0, 0.1) is 6.92 Å². The first-order chi connectivity index (χ1) is 15.5. The second-order valence-corrected chi connectivity index (χ2v) is 8.27. The zero-order valence-electron chi connectivity index (χ0n) is 18.3. The Hall–Kier alpha value is -3.45. The number of carbonyl (C=O) groups is 2. The molecule has 0 bridgehead atoms. The van der Waals surface area contributed by atoms with Gasteiger partial charge in [0, 0.05) is 25.8 Å². The number of ether oxygens (including phenoxy) is 1. The molecule has 1 aromatic heterocycles. The first-order valence-corrected chi connectivity index (χ1v) is 10.8. The zero-order chi connectivity index (χ0) is 22.6. The number of amides is 2. The monoisotopic (exact) mass is 432 g/mol. The number of anilines is 1. The van der Waals surface area contributed by atoms with Gasteiger partial charge in [-0.05, 0) is 31.5 Å². The van der Waals surface area contributed by atoms with Gasteiger partial charge in [0.2, 0.25) is 5.76 Å². The van der Waals surface area contributed by atoms with E-state index in [1.54, 1.807) is 17.0 Å². The number of rotatable bonds is 5. The summed E-state index contributed by atoms with van der Waals surface area (Å²) < 4.78 is 11.3. The highest BCUT2D eigenvalue weighted by Gasteiger charge is 2.64. The molecule has 1 spiro atoms. The van der Waals surface area contributed by atoms with Crippen molar-refractivity contribution < 1.29 is 18.7 Å². The molecule has 1 unspecified atom stereocenters. The molecule has 2 aliphatic rings. The molecule has 0 fully saturated rings. The number of para-hydroxylation sites is 1. The second-order valence-electron chi connectivity index (χ2n) is 8.27. The maximum atomic E-state index is 14.1. The lowest BCUT2D eigenvalue weighted by Gasteiger charge is -2.34. The van der Waals surface area contributed by atoms with Crippen LogP contribution in [0.1, 0.15) is 40.6 Å². The average molecular weight is 432 g/mol. The molecular formula is C25H24N2O5. The smallest absolute Gasteiger partial charge is 0.291 e. The molecule has 7 nitrogen and oxygen atoms in total. The lowest BCUT2D eigenvalue weighted by Crippen LogP contribution is -2.54. The van der Waals surface area contributed by atoms with Crippen molar-refractivity contribution in [2.75, 3.05) is 31.7 Å². The lowest BCUT2D eigenvalue weighted by molar-refractivity contribution is -0.126. The van der Waals surface area contributed by atoms with Crippen LogP contribution >= 0.6 is 0 Å². The van der Waals surface area contributed by atoms with E-state index in [-0.39, 0.29) is 35.8 Å². The number of methoxy groups -OCH3 is 1. The van der Waals surface area contributed by atoms with Crippen molar-refractivity contribution in [1.29, 1.82) is 0 Å². The van der Waals surface area contributed by atoms with E-state index in [2.05, 4.69) is 0 Å². The standard InChI is InChI=1S/C25H24N2O5/c1-4-11-26-18-8-6-5-7-17(18)25(24(26)30)20-21(28)16-14-15(2)9-10-19(16)32-22(20)23(29)27(25)12-13-31-3/h5-10,14H,4,11-13H2,1-3H3. The van der Waals surface area contributed by atoms with E-state index in [4.69, 9.17) is 9.15 Å². The number of hydrogen-bond acceptors (Lipinski definition) is 5. The van der Waals surface area contributed by atoms with E-state index in [1.165, 1.54) is 12.0 Å². The van der Waals surface area contributed by atoms with Crippen molar-refractivity contribution in [3.8, 4) is 0 Å². The number of aryl methyl sites for hydroxylation is 1. The van der Waals surface area contributed by atoms with Crippen LogP contribution < -0.4 is 10.3 Å². The summed E-state index contributed by atoms with van der Waals surface area (Å²) in [6, 6.07) is 12.6. The van der Waals surface area contributed by atoms with Crippen LogP contribution in [-0.2, 0) is 15.1 Å². The maximum Gasteiger partial charge on any atom is 0.291 e. The maximum absolute atomic E-state index is 14.1. The number of fused-ring (bicyclic) bond motifs is 5. The van der Waals surface area contributed by atoms with Gasteiger partial charge in [0.15, 0.2) is 11.0 Å². The molecule has 32 heavy (non-hydrogen) atoms. The molecule has 3 heterocycles. The Morgan fingerprint density at radius 1 is 1.06 bits per heavy atom. The molecule has 2 amide bonds. The summed E-state index contributed by atoms with van der Waals surface area (Å²) in [4.78, 5) is 44.7. The van der Waals surface area contributed by atoms with E-state index < -0.39 is 11.4 Å². The number of benzene rings is 2. The summed E-state index contributed by atoms with van der Waals surface area (Å²) in [7, 11) is 1.54. The normalized spacial score (nSPS) is 19.3. The number of carbonyl (C=O) groups excluding carboxylic acids is 2. The van der Waals surface area contributed by atoms with Crippen molar-refractivity contribution in [3.05, 3.63) is 75.1 Å². The Balaban J connectivity index is 1.90. The van der Waals surface area contributed by atoms with Crippen LogP contribution in [0.2, 0.25) is 0 Å². The minimum Gasteiger partial charge on any atom is -0.450 e. The summed E-state index contributed by atoms with van der Waals surface area (Å²) in [5, 5.41) is 0.365. The molecule has 0 aliphatic carbocycles. The number of hydrogen-bond donors (Lipinski definition) is 0. The van der Waals surface area contributed by atoms with Crippen LogP contribution in [0.5, 0.6) is 0 Å². The molecule has 1 atom stereocenters. The van der Waals surface area contributed by atoms with Crippen LogP contribution in [0.15, 0.2) is 51.7 Å². The van der Waals surface area contributed by atoms with Gasteiger partial charge in [-0.3, -0.25) is 14.4 Å². The van der Waals surface area contributed by atoms with Gasteiger partial charge in [-0.25, -0.2) is 0 Å². The zero-order valence-corrected chi connectivity index (χ0v) is 18.3. The molecule has 0 radical (unpaired) electrons. The topological polar surface area (TPSA) is 80.1 Å². The Kier molecular flexibility index (Phi) is 4.67. The fourth-order valence-electron chi connectivity index (χ4n) is 5.03. The van der Waals surface area contributed by atoms with Gasteiger partial charge in [-0.2, -0.15) is 0 Å². The highest BCUT2D eigenvalue weighted by Crippen LogP contribution is 2.52. The van der Waals surface area contributed by atoms with E-state index >= 15 is 0 Å². The summed E-state index contributed by atoms with van der Waals surface area (Å²) in [6.45, 7) is 4.72. The lowest BCUT2D eigenvalue weighted by atomic mass is 9.84. The first kappa shape index (κ1) is 20.5. The summed E-state index contributed by atoms with van der Waals surface area (Å²) in [5.74, 6) is -0.842. The Morgan fingerprint density at radius 3 is 2.59 bits per heavy atom. The molecule has 5 rings (SSSR count). The van der Waals surface area contributed by atoms with Gasteiger partial charge >= 0.3 is 0 Å². The minimum atomic E-state index is -1.56. The second kappa shape index (κ2) is 7.31. The summed E-state index contributed by atoms with van der Waals surface area (Å²) in [5.41, 5.74) is 0.764. The van der Waals surface area contributed by atoms with Crippen molar-refractivity contribution in [2.24, 2.45) is 0 Å². The van der Waals surface area contributed by atoms with Crippen LogP contribution in [0.3, 0.4) is 0 Å². The highest BCUT2D eigenvalue weighted by atomic mass is 16.5. The molecule has 3 aromatic rings. The Morgan fingerprint density at radius 2 is 1.84 bits per heavy atom. The fourth-order valence-corrected chi connectivity index (χ4v) is 5.03. The van der Waals surface area contributed by atoms with E-state index in [9.17, 15) is 14.4 Å². The van der Waals surface area contributed by atoms with Crippen molar-refractivity contribution in [1.82, 2.24) is 4.90 Å². The van der Waals surface area contributed by atoms with Crippen molar-refractivity contribution >= 4 is 28.5 Å². The van der Waals surface area contributed by atoms with Crippen LogP contribution in [0.25, 0.3) is 11.0 Å². The predicted molar refractivity (Wildman–Crippen MR) is 120 cm³/mol. The molecule has 0 saturated heterocycles. The quantitative estimate of drug-likeness (QED) is 0.619. The van der Waals surface area contributed by atoms with Crippen LogP contribution in [-0.4, -0.2) is 43.5 Å². The third-order valence-electron chi connectivity index (χ3n) is 6.36. The largest absolute Gasteiger partial charge is 0.450 e. The minimum absolute atomic E-state index is 0.0658. The van der Waals surface area contributed by atoms with E-state index in [0.717, 1.165) is 12.0 Å². The highest BCUT2D eigenvalue weighted by molar-refractivity contribution is 6.17. The first-order valence-electron chi connectivity index (χ1n) is 10.8. The summed E-state index contributed by atoms with van der Waals surface area (Å²) >= 11 is 0. The van der Waals surface area contributed by atoms with Gasteiger partial charge in [0.25, 0.3) is 11.8 Å². The fraction of sp³-hybridized carbons (Fsp3) is 0.320. The molecule has 164 valence electrons. The predicted octanol–water partition coefficient (Wildman–Crippen LogP) is 3.20. The van der Waals surface area contributed by atoms with Gasteiger partial charge in [0.05, 0.1) is 23.2 Å². The van der Waals surface area contributed by atoms with Crippen molar-refractivity contribution in [3.63, 3.8) is 0 Å². The molecule has 0 N–H and O–H groups in total. The van der Waals surface area contributed by atoms with E-state index in [0.29, 0.717) is 28.8 Å². The molecule has 0 saturated carbocycles.